The molecule has 2 atom stereocenters. The van der Waals surface area contributed by atoms with E-state index in [9.17, 15) is 9.59 Å². The molecule has 0 aromatic rings. The van der Waals surface area contributed by atoms with Crippen molar-refractivity contribution >= 4 is 11.9 Å². The average Bonchev–Trinajstić information content (AvgIpc) is 2.25. The highest BCUT2D eigenvalue weighted by atomic mass is 16.5. The maximum atomic E-state index is 11.9. The van der Waals surface area contributed by atoms with Crippen LogP contribution in [0, 0.1) is 17.3 Å². The van der Waals surface area contributed by atoms with E-state index >= 15 is 0 Å². The Bertz CT molecular complexity index is 257. The van der Waals surface area contributed by atoms with Gasteiger partial charge in [0.05, 0.1) is 14.2 Å². The number of methoxy groups -OCH3 is 2. The molecule has 1 aliphatic carbocycles. The Hall–Kier alpha value is -1.06. The van der Waals surface area contributed by atoms with Crippen LogP contribution < -0.4 is 0 Å². The minimum absolute atomic E-state index is 0.335. The highest BCUT2D eigenvalue weighted by Gasteiger charge is 2.52. The number of carbonyl (C=O) groups excluding carboxylic acids is 2. The monoisotopic (exact) mass is 228 g/mol. The maximum absolute atomic E-state index is 11.9. The Kier molecular flexibility index (Phi) is 3.94. The predicted octanol–water partition coefficient (Wildman–Crippen LogP) is 1.77. The van der Waals surface area contributed by atoms with Gasteiger partial charge in [-0.1, -0.05) is 13.8 Å². The first kappa shape index (κ1) is 13.0. The Morgan fingerprint density at radius 3 is 1.69 bits per heavy atom. The molecule has 1 aliphatic rings. The molecule has 0 N–H and O–H groups in total. The summed E-state index contributed by atoms with van der Waals surface area (Å²) in [5, 5.41) is 0. The number of esters is 2. The van der Waals surface area contributed by atoms with Gasteiger partial charge in [-0.2, -0.15) is 0 Å². The Labute approximate surface area is 96.3 Å². The molecule has 0 aromatic heterocycles. The molecule has 1 rings (SSSR count). The summed E-state index contributed by atoms with van der Waals surface area (Å²) < 4.78 is 9.55. The number of ether oxygens (including phenoxy) is 2. The van der Waals surface area contributed by atoms with Crippen LogP contribution in [-0.4, -0.2) is 26.2 Å². The van der Waals surface area contributed by atoms with E-state index < -0.39 is 17.4 Å². The molecule has 16 heavy (non-hydrogen) atoms. The minimum atomic E-state index is -1.08. The van der Waals surface area contributed by atoms with Gasteiger partial charge < -0.3 is 9.47 Å². The van der Waals surface area contributed by atoms with Crippen LogP contribution in [0.2, 0.25) is 0 Å². The second kappa shape index (κ2) is 4.85. The van der Waals surface area contributed by atoms with Gasteiger partial charge >= 0.3 is 11.9 Å². The molecular formula is C12H20O4. The standard InChI is InChI=1S/C12H20O4/c1-8-5-9(2)7-12(6-8,10(13)15-3)11(14)16-4/h8-9H,5-7H2,1-4H3/t8-,9+. The molecule has 4 heteroatoms. The van der Waals surface area contributed by atoms with Crippen molar-refractivity contribution in [2.45, 2.75) is 33.1 Å². The molecule has 0 aliphatic heterocycles. The number of hydrogen-bond donors (Lipinski definition) is 0. The van der Waals surface area contributed by atoms with Gasteiger partial charge in [-0.05, 0) is 31.1 Å². The first-order chi connectivity index (χ1) is 7.46. The van der Waals surface area contributed by atoms with Crippen molar-refractivity contribution < 1.29 is 19.1 Å². The summed E-state index contributed by atoms with van der Waals surface area (Å²) in [5.41, 5.74) is -1.08. The van der Waals surface area contributed by atoms with Crippen molar-refractivity contribution in [1.29, 1.82) is 0 Å². The SMILES string of the molecule is COC(=O)C1(C(=O)OC)C[C@H](C)C[C@H](C)C1. The second-order valence-corrected chi connectivity index (χ2v) is 4.92. The molecule has 92 valence electrons. The average molecular weight is 228 g/mol. The van der Waals surface area contributed by atoms with E-state index in [-0.39, 0.29) is 0 Å². The molecule has 0 heterocycles. The third kappa shape index (κ3) is 2.20. The van der Waals surface area contributed by atoms with E-state index in [4.69, 9.17) is 9.47 Å². The molecule has 0 spiro atoms. The van der Waals surface area contributed by atoms with Crippen LogP contribution in [-0.2, 0) is 19.1 Å². The van der Waals surface area contributed by atoms with Crippen LogP contribution in [0.3, 0.4) is 0 Å². The maximum Gasteiger partial charge on any atom is 0.323 e. The zero-order valence-electron chi connectivity index (χ0n) is 10.4. The third-order valence-corrected chi connectivity index (χ3v) is 3.35. The van der Waals surface area contributed by atoms with Crippen molar-refractivity contribution in [3.63, 3.8) is 0 Å². The normalized spacial score (nSPS) is 28.2. The van der Waals surface area contributed by atoms with Crippen LogP contribution in [0.5, 0.6) is 0 Å². The largest absolute Gasteiger partial charge is 0.468 e. The topological polar surface area (TPSA) is 52.6 Å². The fourth-order valence-corrected chi connectivity index (χ4v) is 2.93. The summed E-state index contributed by atoms with van der Waals surface area (Å²) in [7, 11) is 2.63. The first-order valence-electron chi connectivity index (χ1n) is 5.63. The Morgan fingerprint density at radius 2 is 1.38 bits per heavy atom. The lowest BCUT2D eigenvalue weighted by Crippen LogP contribution is -2.46. The lowest BCUT2D eigenvalue weighted by molar-refractivity contribution is -0.174. The van der Waals surface area contributed by atoms with Crippen LogP contribution in [0.25, 0.3) is 0 Å². The minimum Gasteiger partial charge on any atom is -0.468 e. The zero-order chi connectivity index (χ0) is 12.3. The van der Waals surface area contributed by atoms with Crippen LogP contribution >= 0.6 is 0 Å². The molecule has 1 saturated carbocycles. The van der Waals surface area contributed by atoms with E-state index in [0.29, 0.717) is 24.7 Å². The smallest absolute Gasteiger partial charge is 0.323 e. The van der Waals surface area contributed by atoms with Crippen molar-refractivity contribution in [3.8, 4) is 0 Å². The van der Waals surface area contributed by atoms with E-state index in [2.05, 4.69) is 13.8 Å². The van der Waals surface area contributed by atoms with Gasteiger partial charge in [0.2, 0.25) is 0 Å². The van der Waals surface area contributed by atoms with E-state index in [0.717, 1.165) is 6.42 Å². The fourth-order valence-electron chi connectivity index (χ4n) is 2.93. The van der Waals surface area contributed by atoms with E-state index in [1.54, 1.807) is 0 Å². The predicted molar refractivity (Wildman–Crippen MR) is 58.6 cm³/mol. The fraction of sp³-hybridized carbons (Fsp3) is 0.833. The lowest BCUT2D eigenvalue weighted by Gasteiger charge is -2.38. The van der Waals surface area contributed by atoms with Crippen LogP contribution in [0.4, 0.5) is 0 Å². The zero-order valence-corrected chi connectivity index (χ0v) is 10.4. The van der Waals surface area contributed by atoms with Gasteiger partial charge in [-0.3, -0.25) is 9.59 Å². The van der Waals surface area contributed by atoms with Crippen molar-refractivity contribution in [2.24, 2.45) is 17.3 Å². The molecule has 0 saturated heterocycles. The summed E-state index contributed by atoms with van der Waals surface area (Å²) in [4.78, 5) is 23.7. The van der Waals surface area contributed by atoms with E-state index in [1.165, 1.54) is 14.2 Å². The molecule has 0 unspecified atom stereocenters. The summed E-state index contributed by atoms with van der Waals surface area (Å²) >= 11 is 0. The van der Waals surface area contributed by atoms with Gasteiger partial charge in [0.25, 0.3) is 0 Å². The van der Waals surface area contributed by atoms with Crippen molar-refractivity contribution in [1.82, 2.24) is 0 Å². The summed E-state index contributed by atoms with van der Waals surface area (Å²) in [6.07, 6.45) is 2.09. The number of carbonyl (C=O) groups is 2. The van der Waals surface area contributed by atoms with Gasteiger partial charge in [0.1, 0.15) is 0 Å². The first-order valence-corrected chi connectivity index (χ1v) is 5.63. The molecule has 0 aromatic carbocycles. The highest BCUT2D eigenvalue weighted by Crippen LogP contribution is 2.43. The molecule has 0 bridgehead atoms. The summed E-state index contributed by atoms with van der Waals surface area (Å²) in [5.74, 6) is -0.251. The van der Waals surface area contributed by atoms with Gasteiger partial charge in [-0.15, -0.1) is 0 Å². The van der Waals surface area contributed by atoms with E-state index in [1.807, 2.05) is 0 Å². The summed E-state index contributed by atoms with van der Waals surface area (Å²) in [6.45, 7) is 4.10. The van der Waals surface area contributed by atoms with Crippen molar-refractivity contribution in [3.05, 3.63) is 0 Å². The highest BCUT2D eigenvalue weighted by molar-refractivity contribution is 6.00. The molecule has 4 nitrogen and oxygen atoms in total. The number of hydrogen-bond acceptors (Lipinski definition) is 4. The van der Waals surface area contributed by atoms with Gasteiger partial charge in [-0.25, -0.2) is 0 Å². The quantitative estimate of drug-likeness (QED) is 0.534. The van der Waals surface area contributed by atoms with Crippen LogP contribution in [0.15, 0.2) is 0 Å². The molecular weight excluding hydrogens is 208 g/mol. The number of rotatable bonds is 2. The summed E-state index contributed by atoms with van der Waals surface area (Å²) in [6, 6.07) is 0. The lowest BCUT2D eigenvalue weighted by atomic mass is 9.66. The Morgan fingerprint density at radius 1 is 1.00 bits per heavy atom. The Balaban J connectivity index is 3.03. The molecule has 1 fully saturated rings. The van der Waals surface area contributed by atoms with Crippen molar-refractivity contribution in [2.75, 3.05) is 14.2 Å². The third-order valence-electron chi connectivity index (χ3n) is 3.35. The van der Waals surface area contributed by atoms with Crippen LogP contribution in [0.1, 0.15) is 33.1 Å². The molecule has 0 radical (unpaired) electrons. The second-order valence-electron chi connectivity index (χ2n) is 4.92. The molecule has 0 amide bonds. The van der Waals surface area contributed by atoms with Gasteiger partial charge in [0.15, 0.2) is 5.41 Å². The van der Waals surface area contributed by atoms with Gasteiger partial charge in [0, 0.05) is 0 Å².